The highest BCUT2D eigenvalue weighted by Crippen LogP contribution is 2.41. The lowest BCUT2D eigenvalue weighted by molar-refractivity contribution is 0.185. The topological polar surface area (TPSA) is 64.7 Å². The largest absolute Gasteiger partial charge is 0.493 e. The predicted octanol–water partition coefficient (Wildman–Crippen LogP) is 1.77. The number of ether oxygens (including phenoxy) is 2. The van der Waals surface area contributed by atoms with Crippen LogP contribution in [0.4, 0.5) is 0 Å². The molecule has 1 unspecified atom stereocenters. The number of aliphatic hydroxyl groups excluding tert-OH is 1. The van der Waals surface area contributed by atoms with Crippen molar-refractivity contribution in [3.8, 4) is 11.5 Å². The second kappa shape index (κ2) is 5.52. The molecule has 1 atom stereocenters. The minimum absolute atomic E-state index is 0.169. The molecule has 0 aromatic heterocycles. The first-order valence-corrected chi connectivity index (χ1v) is 5.65. The van der Waals surface area contributed by atoms with Crippen molar-refractivity contribution in [1.82, 2.24) is 0 Å². The summed E-state index contributed by atoms with van der Waals surface area (Å²) in [6.07, 6.45) is -0.698. The third kappa shape index (κ3) is 2.31. The SMILES string of the molecule is COc1c(Br)cc(C(O)CN)c(C)c1OC. The first-order chi connectivity index (χ1) is 7.56. The van der Waals surface area contributed by atoms with Gasteiger partial charge in [-0.05, 0) is 34.5 Å². The second-order valence-corrected chi connectivity index (χ2v) is 4.24. The Hall–Kier alpha value is -0.780. The number of rotatable bonds is 4. The molecule has 4 nitrogen and oxygen atoms in total. The van der Waals surface area contributed by atoms with E-state index in [0.29, 0.717) is 11.5 Å². The monoisotopic (exact) mass is 289 g/mol. The molecule has 0 aliphatic carbocycles. The zero-order chi connectivity index (χ0) is 12.3. The maximum Gasteiger partial charge on any atom is 0.175 e. The molecule has 0 spiro atoms. The molecule has 0 heterocycles. The van der Waals surface area contributed by atoms with E-state index in [2.05, 4.69) is 15.9 Å². The second-order valence-electron chi connectivity index (χ2n) is 3.39. The molecular weight excluding hydrogens is 274 g/mol. The van der Waals surface area contributed by atoms with Gasteiger partial charge in [-0.25, -0.2) is 0 Å². The highest BCUT2D eigenvalue weighted by Gasteiger charge is 2.19. The Balaban J connectivity index is 3.39. The first-order valence-electron chi connectivity index (χ1n) is 4.85. The summed E-state index contributed by atoms with van der Waals surface area (Å²) in [6.45, 7) is 2.03. The Morgan fingerprint density at radius 1 is 1.38 bits per heavy atom. The molecule has 0 aliphatic rings. The summed E-state index contributed by atoms with van der Waals surface area (Å²) >= 11 is 3.37. The molecule has 0 radical (unpaired) electrons. The lowest BCUT2D eigenvalue weighted by Crippen LogP contribution is -2.13. The Bertz CT molecular complexity index is 382. The van der Waals surface area contributed by atoms with Crippen LogP contribution in [0.1, 0.15) is 17.2 Å². The minimum Gasteiger partial charge on any atom is -0.493 e. The van der Waals surface area contributed by atoms with Gasteiger partial charge in [0.05, 0.1) is 24.8 Å². The quantitative estimate of drug-likeness (QED) is 0.887. The van der Waals surface area contributed by atoms with E-state index in [0.717, 1.165) is 15.6 Å². The average molecular weight is 290 g/mol. The van der Waals surface area contributed by atoms with E-state index in [9.17, 15) is 5.11 Å². The van der Waals surface area contributed by atoms with E-state index >= 15 is 0 Å². The lowest BCUT2D eigenvalue weighted by Gasteiger charge is -2.18. The number of hydrogen-bond donors (Lipinski definition) is 2. The number of halogens is 1. The standard InChI is InChI=1S/C11H16BrNO3/c1-6-7(9(14)5-13)4-8(12)11(16-3)10(6)15-2/h4,9,14H,5,13H2,1-3H3. The molecule has 0 amide bonds. The van der Waals surface area contributed by atoms with Crippen LogP contribution in [0.2, 0.25) is 0 Å². The van der Waals surface area contributed by atoms with Gasteiger partial charge in [0.15, 0.2) is 11.5 Å². The molecule has 0 saturated heterocycles. The van der Waals surface area contributed by atoms with Crippen LogP contribution in [0.3, 0.4) is 0 Å². The van der Waals surface area contributed by atoms with Gasteiger partial charge in [0, 0.05) is 12.1 Å². The van der Waals surface area contributed by atoms with E-state index < -0.39 is 6.10 Å². The fourth-order valence-corrected chi connectivity index (χ4v) is 2.22. The first kappa shape index (κ1) is 13.3. The van der Waals surface area contributed by atoms with Crippen LogP contribution in [-0.2, 0) is 0 Å². The molecule has 0 aliphatic heterocycles. The van der Waals surface area contributed by atoms with Crippen molar-refractivity contribution in [3.63, 3.8) is 0 Å². The molecule has 5 heteroatoms. The van der Waals surface area contributed by atoms with E-state index in [1.165, 1.54) is 0 Å². The maximum absolute atomic E-state index is 9.78. The van der Waals surface area contributed by atoms with Crippen molar-refractivity contribution in [2.75, 3.05) is 20.8 Å². The zero-order valence-corrected chi connectivity index (χ0v) is 11.2. The van der Waals surface area contributed by atoms with Crippen molar-refractivity contribution in [3.05, 3.63) is 21.7 Å². The molecule has 0 saturated carbocycles. The summed E-state index contributed by atoms with van der Waals surface area (Å²) in [5.74, 6) is 1.23. The van der Waals surface area contributed by atoms with Gasteiger partial charge in [0.1, 0.15) is 0 Å². The van der Waals surface area contributed by atoms with Crippen LogP contribution in [0, 0.1) is 6.92 Å². The van der Waals surface area contributed by atoms with E-state index in [4.69, 9.17) is 15.2 Å². The van der Waals surface area contributed by atoms with Gasteiger partial charge >= 0.3 is 0 Å². The van der Waals surface area contributed by atoms with Crippen LogP contribution in [0.5, 0.6) is 11.5 Å². The van der Waals surface area contributed by atoms with Crippen LogP contribution in [0.25, 0.3) is 0 Å². The van der Waals surface area contributed by atoms with Crippen LogP contribution >= 0.6 is 15.9 Å². The van der Waals surface area contributed by atoms with Crippen molar-refractivity contribution in [2.45, 2.75) is 13.0 Å². The highest BCUT2D eigenvalue weighted by atomic mass is 79.9. The Morgan fingerprint density at radius 2 is 1.94 bits per heavy atom. The number of methoxy groups -OCH3 is 2. The average Bonchev–Trinajstić information content (AvgIpc) is 2.29. The molecule has 0 bridgehead atoms. The van der Waals surface area contributed by atoms with Crippen LogP contribution in [-0.4, -0.2) is 25.9 Å². The summed E-state index contributed by atoms with van der Waals surface area (Å²) in [6, 6.07) is 1.80. The number of hydrogen-bond acceptors (Lipinski definition) is 4. The van der Waals surface area contributed by atoms with Crippen molar-refractivity contribution < 1.29 is 14.6 Å². The Morgan fingerprint density at radius 3 is 2.38 bits per heavy atom. The molecule has 1 aromatic carbocycles. The van der Waals surface area contributed by atoms with Crippen LogP contribution < -0.4 is 15.2 Å². The van der Waals surface area contributed by atoms with Crippen molar-refractivity contribution in [1.29, 1.82) is 0 Å². The Labute approximate surface area is 103 Å². The lowest BCUT2D eigenvalue weighted by atomic mass is 10.0. The normalized spacial score (nSPS) is 12.4. The number of benzene rings is 1. The van der Waals surface area contributed by atoms with Gasteiger partial charge in [0.2, 0.25) is 0 Å². The molecule has 3 N–H and O–H groups in total. The van der Waals surface area contributed by atoms with E-state index in [-0.39, 0.29) is 6.54 Å². The molecular formula is C11H16BrNO3. The highest BCUT2D eigenvalue weighted by molar-refractivity contribution is 9.10. The van der Waals surface area contributed by atoms with Crippen LogP contribution in [0.15, 0.2) is 10.5 Å². The van der Waals surface area contributed by atoms with E-state index in [1.807, 2.05) is 6.92 Å². The summed E-state index contributed by atoms with van der Waals surface area (Å²) in [7, 11) is 3.14. The molecule has 16 heavy (non-hydrogen) atoms. The third-order valence-corrected chi connectivity index (χ3v) is 3.06. The Kier molecular flexibility index (Phi) is 4.58. The summed E-state index contributed by atoms with van der Waals surface area (Å²) in [5.41, 5.74) is 7.02. The van der Waals surface area contributed by atoms with E-state index in [1.54, 1.807) is 20.3 Å². The zero-order valence-electron chi connectivity index (χ0n) is 9.58. The van der Waals surface area contributed by atoms with Gasteiger partial charge in [0.25, 0.3) is 0 Å². The number of nitrogens with two attached hydrogens (primary N) is 1. The van der Waals surface area contributed by atoms with Gasteiger partial charge < -0.3 is 20.3 Å². The fraction of sp³-hybridized carbons (Fsp3) is 0.455. The van der Waals surface area contributed by atoms with Crippen molar-refractivity contribution >= 4 is 15.9 Å². The van der Waals surface area contributed by atoms with Gasteiger partial charge in [-0.3, -0.25) is 0 Å². The molecule has 0 fully saturated rings. The third-order valence-electron chi connectivity index (χ3n) is 2.47. The van der Waals surface area contributed by atoms with Gasteiger partial charge in [-0.15, -0.1) is 0 Å². The van der Waals surface area contributed by atoms with Gasteiger partial charge in [-0.1, -0.05) is 0 Å². The minimum atomic E-state index is -0.698. The fourth-order valence-electron chi connectivity index (χ4n) is 1.63. The maximum atomic E-state index is 9.78. The molecule has 1 aromatic rings. The summed E-state index contributed by atoms with van der Waals surface area (Å²) < 4.78 is 11.2. The summed E-state index contributed by atoms with van der Waals surface area (Å²) in [4.78, 5) is 0. The molecule has 1 rings (SSSR count). The number of aliphatic hydroxyl groups is 1. The van der Waals surface area contributed by atoms with Crippen molar-refractivity contribution in [2.24, 2.45) is 5.73 Å². The predicted molar refractivity (Wildman–Crippen MR) is 66.0 cm³/mol. The molecule has 90 valence electrons. The smallest absolute Gasteiger partial charge is 0.175 e. The van der Waals surface area contributed by atoms with Gasteiger partial charge in [-0.2, -0.15) is 0 Å². The summed E-state index contributed by atoms with van der Waals surface area (Å²) in [5, 5.41) is 9.78.